The van der Waals surface area contributed by atoms with Crippen LogP contribution in [0.5, 0.6) is 11.5 Å². The minimum Gasteiger partial charge on any atom is -0.497 e. The van der Waals surface area contributed by atoms with Crippen LogP contribution in [0.4, 0.5) is 5.69 Å². The minimum absolute atomic E-state index is 0.374. The molecule has 3 aromatic carbocycles. The highest BCUT2D eigenvalue weighted by molar-refractivity contribution is 7.80. The molecule has 0 spiro atoms. The Morgan fingerprint density at radius 1 is 1.00 bits per heavy atom. The number of benzene rings is 3. The van der Waals surface area contributed by atoms with Gasteiger partial charge in [0, 0.05) is 5.69 Å². The van der Waals surface area contributed by atoms with Crippen molar-refractivity contribution in [2.45, 2.75) is 6.92 Å². The van der Waals surface area contributed by atoms with Crippen LogP contribution in [0.25, 0.3) is 0 Å². The molecule has 0 aliphatic heterocycles. The molecule has 0 aliphatic rings. The lowest BCUT2D eigenvalue weighted by Gasteiger charge is -2.07. The molecule has 7 heteroatoms. The lowest BCUT2D eigenvalue weighted by atomic mass is 10.2. The lowest BCUT2D eigenvalue weighted by Crippen LogP contribution is -2.23. The molecule has 30 heavy (non-hydrogen) atoms. The molecule has 0 aliphatic carbocycles. The van der Waals surface area contributed by atoms with Crippen molar-refractivity contribution in [1.82, 2.24) is 5.43 Å². The predicted octanol–water partition coefficient (Wildman–Crippen LogP) is 4.54. The van der Waals surface area contributed by atoms with Crippen LogP contribution in [0.2, 0.25) is 0 Å². The number of carbonyl (C=O) groups excluding carboxylic acids is 1. The number of nitrogens with zero attached hydrogens (tertiary/aromatic N) is 1. The number of methoxy groups -OCH3 is 1. The van der Waals surface area contributed by atoms with Gasteiger partial charge >= 0.3 is 5.97 Å². The molecule has 0 unspecified atom stereocenters. The Kier molecular flexibility index (Phi) is 7.13. The van der Waals surface area contributed by atoms with Crippen molar-refractivity contribution < 1.29 is 14.3 Å². The molecule has 0 heterocycles. The maximum Gasteiger partial charge on any atom is 0.343 e. The van der Waals surface area contributed by atoms with Gasteiger partial charge in [0.05, 0.1) is 18.9 Å². The first kappa shape index (κ1) is 21.0. The second-order valence-corrected chi connectivity index (χ2v) is 6.79. The topological polar surface area (TPSA) is 72.0 Å². The minimum atomic E-state index is -0.451. The van der Waals surface area contributed by atoms with E-state index >= 15 is 0 Å². The van der Waals surface area contributed by atoms with E-state index in [2.05, 4.69) is 15.8 Å². The number of hydrogen-bond donors (Lipinski definition) is 2. The van der Waals surface area contributed by atoms with Crippen LogP contribution in [0.1, 0.15) is 21.5 Å². The Balaban J connectivity index is 1.56. The van der Waals surface area contributed by atoms with Crippen LogP contribution < -0.4 is 20.2 Å². The van der Waals surface area contributed by atoms with Crippen LogP contribution in [-0.4, -0.2) is 24.4 Å². The highest BCUT2D eigenvalue weighted by Crippen LogP contribution is 2.16. The van der Waals surface area contributed by atoms with Gasteiger partial charge in [-0.2, -0.15) is 5.10 Å². The normalized spacial score (nSPS) is 10.5. The van der Waals surface area contributed by atoms with Gasteiger partial charge in [-0.25, -0.2) is 4.79 Å². The van der Waals surface area contributed by atoms with E-state index in [-0.39, 0.29) is 0 Å². The number of nitrogens with one attached hydrogen (secondary N) is 2. The van der Waals surface area contributed by atoms with Crippen LogP contribution in [0.15, 0.2) is 77.9 Å². The van der Waals surface area contributed by atoms with Gasteiger partial charge in [-0.1, -0.05) is 24.3 Å². The fourth-order valence-corrected chi connectivity index (χ4v) is 2.77. The Hall–Kier alpha value is -3.71. The second-order valence-electron chi connectivity index (χ2n) is 6.38. The molecular weight excluding hydrogens is 398 g/mol. The standard InChI is InChI=1S/C23H21N3O3S/c1-16-5-3-7-19(13-16)25-23(30)26-24-15-17-6-4-8-21(14-17)29-22(27)18-9-11-20(28-2)12-10-18/h3-15H,1-2H3,(H2,25,26,30)/b24-15+. The van der Waals surface area contributed by atoms with E-state index in [0.29, 0.717) is 22.2 Å². The Bertz CT molecular complexity index is 1070. The summed E-state index contributed by atoms with van der Waals surface area (Å²) in [4.78, 5) is 12.3. The van der Waals surface area contributed by atoms with Crippen molar-refractivity contribution in [2.24, 2.45) is 5.10 Å². The van der Waals surface area contributed by atoms with Crippen molar-refractivity contribution in [3.8, 4) is 11.5 Å². The summed E-state index contributed by atoms with van der Waals surface area (Å²) >= 11 is 5.24. The summed E-state index contributed by atoms with van der Waals surface area (Å²) in [5, 5.41) is 7.56. The zero-order valence-electron chi connectivity index (χ0n) is 16.6. The average Bonchev–Trinajstić information content (AvgIpc) is 2.74. The number of esters is 1. The summed E-state index contributed by atoms with van der Waals surface area (Å²) in [6.07, 6.45) is 1.59. The quantitative estimate of drug-likeness (QED) is 0.201. The molecule has 3 aromatic rings. The van der Waals surface area contributed by atoms with Gasteiger partial charge in [0.1, 0.15) is 11.5 Å². The third-order valence-corrected chi connectivity index (χ3v) is 4.24. The Morgan fingerprint density at radius 3 is 2.50 bits per heavy atom. The Morgan fingerprint density at radius 2 is 1.77 bits per heavy atom. The van der Waals surface area contributed by atoms with Crippen molar-refractivity contribution in [3.63, 3.8) is 0 Å². The van der Waals surface area contributed by atoms with Crippen molar-refractivity contribution in [3.05, 3.63) is 89.5 Å². The van der Waals surface area contributed by atoms with Gasteiger partial charge in [-0.3, -0.25) is 5.43 Å². The summed E-state index contributed by atoms with van der Waals surface area (Å²) in [5.41, 5.74) is 5.97. The van der Waals surface area contributed by atoms with Crippen molar-refractivity contribution >= 4 is 35.2 Å². The second kappa shape index (κ2) is 10.2. The van der Waals surface area contributed by atoms with E-state index < -0.39 is 5.97 Å². The highest BCUT2D eigenvalue weighted by atomic mass is 32.1. The lowest BCUT2D eigenvalue weighted by molar-refractivity contribution is 0.0734. The molecule has 2 N–H and O–H groups in total. The fourth-order valence-electron chi connectivity index (χ4n) is 2.60. The van der Waals surface area contributed by atoms with Crippen LogP contribution in [0, 0.1) is 6.92 Å². The summed E-state index contributed by atoms with van der Waals surface area (Å²) in [6, 6.07) is 21.6. The first-order valence-corrected chi connectivity index (χ1v) is 9.57. The largest absolute Gasteiger partial charge is 0.497 e. The maximum absolute atomic E-state index is 12.3. The maximum atomic E-state index is 12.3. The van der Waals surface area contributed by atoms with Crippen LogP contribution >= 0.6 is 12.2 Å². The first-order valence-electron chi connectivity index (χ1n) is 9.16. The number of hydrazone groups is 1. The van der Waals surface area contributed by atoms with E-state index in [1.807, 2.05) is 37.3 Å². The molecule has 0 saturated carbocycles. The number of thiocarbonyl (C=S) groups is 1. The van der Waals surface area contributed by atoms with Gasteiger partial charge in [0.15, 0.2) is 5.11 Å². The van der Waals surface area contributed by atoms with Gasteiger partial charge in [-0.15, -0.1) is 0 Å². The molecule has 0 fully saturated rings. The molecule has 0 radical (unpaired) electrons. The number of rotatable bonds is 6. The van der Waals surface area contributed by atoms with E-state index in [0.717, 1.165) is 16.8 Å². The third kappa shape index (κ3) is 6.15. The summed E-state index contributed by atoms with van der Waals surface area (Å²) in [6.45, 7) is 2.01. The zero-order valence-corrected chi connectivity index (χ0v) is 17.4. The van der Waals surface area contributed by atoms with E-state index in [9.17, 15) is 4.79 Å². The molecule has 0 aromatic heterocycles. The SMILES string of the molecule is COc1ccc(C(=O)Oc2cccc(/C=N/NC(=S)Nc3cccc(C)c3)c2)cc1. The van der Waals surface area contributed by atoms with Crippen molar-refractivity contribution in [1.29, 1.82) is 0 Å². The fraction of sp³-hybridized carbons (Fsp3) is 0.0870. The molecule has 0 amide bonds. The average molecular weight is 420 g/mol. The molecule has 0 atom stereocenters. The number of ether oxygens (including phenoxy) is 2. The molecule has 0 bridgehead atoms. The predicted molar refractivity (Wildman–Crippen MR) is 123 cm³/mol. The summed E-state index contributed by atoms with van der Waals surface area (Å²) < 4.78 is 10.5. The smallest absolute Gasteiger partial charge is 0.343 e. The van der Waals surface area contributed by atoms with Crippen LogP contribution in [-0.2, 0) is 0 Å². The van der Waals surface area contributed by atoms with Crippen molar-refractivity contribution in [2.75, 3.05) is 12.4 Å². The molecule has 3 rings (SSSR count). The number of aryl methyl sites for hydroxylation is 1. The van der Waals surface area contributed by atoms with Gasteiger partial charge < -0.3 is 14.8 Å². The molecule has 152 valence electrons. The van der Waals surface area contributed by atoms with E-state index in [4.69, 9.17) is 21.7 Å². The highest BCUT2D eigenvalue weighted by Gasteiger charge is 2.09. The van der Waals surface area contributed by atoms with E-state index in [1.165, 1.54) is 0 Å². The number of carbonyl (C=O) groups is 1. The van der Waals surface area contributed by atoms with Crippen LogP contribution in [0.3, 0.4) is 0 Å². The van der Waals surface area contributed by atoms with Gasteiger partial charge in [-0.05, 0) is 78.8 Å². The van der Waals surface area contributed by atoms with E-state index in [1.54, 1.807) is 55.8 Å². The third-order valence-electron chi connectivity index (χ3n) is 4.05. The van der Waals surface area contributed by atoms with Gasteiger partial charge in [0.2, 0.25) is 0 Å². The number of hydrogen-bond acceptors (Lipinski definition) is 5. The first-order chi connectivity index (χ1) is 14.5. The Labute approximate surface area is 180 Å². The molecule has 6 nitrogen and oxygen atoms in total. The molecule has 0 saturated heterocycles. The molecular formula is C23H21N3O3S. The summed E-state index contributed by atoms with van der Waals surface area (Å²) in [7, 11) is 1.57. The summed E-state index contributed by atoms with van der Waals surface area (Å²) in [5.74, 6) is 0.640. The monoisotopic (exact) mass is 419 g/mol. The number of anilines is 1. The van der Waals surface area contributed by atoms with Gasteiger partial charge in [0.25, 0.3) is 0 Å². The zero-order chi connectivity index (χ0) is 21.3.